The Morgan fingerprint density at radius 2 is 1.75 bits per heavy atom. The minimum absolute atomic E-state index is 0.167. The van der Waals surface area contributed by atoms with Gasteiger partial charge in [-0.05, 0) is 66.6 Å². The molecular formula is C18H16IN3OS. The maximum absolute atomic E-state index is 12.4. The van der Waals surface area contributed by atoms with Gasteiger partial charge in [-0.2, -0.15) is 0 Å². The molecule has 0 aliphatic heterocycles. The first-order valence-electron chi connectivity index (χ1n) is 7.43. The molecular weight excluding hydrogens is 433 g/mol. The van der Waals surface area contributed by atoms with E-state index in [-0.39, 0.29) is 5.91 Å². The van der Waals surface area contributed by atoms with E-state index >= 15 is 0 Å². The number of carbonyl (C=O) groups excluding carboxylic acids is 1. The third-order valence-corrected chi connectivity index (χ3v) is 5.45. The molecule has 6 heteroatoms. The summed E-state index contributed by atoms with van der Waals surface area (Å²) < 4.78 is 0.905. The zero-order valence-electron chi connectivity index (χ0n) is 13.6. The Kier molecular flexibility index (Phi) is 4.96. The SMILES string of the molecule is Cc1cc(C)c(-c2nnc(NC(=O)c3ccccc3I)s2)c(C)c1. The van der Waals surface area contributed by atoms with Gasteiger partial charge in [0.15, 0.2) is 0 Å². The highest BCUT2D eigenvalue weighted by Crippen LogP contribution is 2.32. The van der Waals surface area contributed by atoms with Gasteiger partial charge in [0.25, 0.3) is 5.91 Å². The van der Waals surface area contributed by atoms with Crippen LogP contribution in [-0.4, -0.2) is 16.1 Å². The van der Waals surface area contributed by atoms with Crippen molar-refractivity contribution in [1.82, 2.24) is 10.2 Å². The lowest BCUT2D eigenvalue weighted by atomic mass is 10.0. The number of amides is 1. The minimum atomic E-state index is -0.167. The lowest BCUT2D eigenvalue weighted by Crippen LogP contribution is -2.13. The molecule has 1 heterocycles. The van der Waals surface area contributed by atoms with Gasteiger partial charge in [-0.25, -0.2) is 0 Å². The summed E-state index contributed by atoms with van der Waals surface area (Å²) in [5.41, 5.74) is 5.29. The third kappa shape index (κ3) is 3.49. The normalized spacial score (nSPS) is 10.7. The van der Waals surface area contributed by atoms with Crippen LogP contribution in [0.1, 0.15) is 27.0 Å². The molecule has 0 aliphatic rings. The summed E-state index contributed by atoms with van der Waals surface area (Å²) in [4.78, 5) is 12.4. The predicted octanol–water partition coefficient (Wildman–Crippen LogP) is 4.99. The molecule has 3 aromatic rings. The molecule has 122 valence electrons. The van der Waals surface area contributed by atoms with Crippen molar-refractivity contribution >= 4 is 45.0 Å². The van der Waals surface area contributed by atoms with Crippen LogP contribution in [0.25, 0.3) is 10.6 Å². The highest BCUT2D eigenvalue weighted by Gasteiger charge is 2.15. The number of benzene rings is 2. The predicted molar refractivity (Wildman–Crippen MR) is 107 cm³/mol. The Labute approximate surface area is 158 Å². The van der Waals surface area contributed by atoms with Gasteiger partial charge in [-0.15, -0.1) is 10.2 Å². The topological polar surface area (TPSA) is 54.9 Å². The van der Waals surface area contributed by atoms with Crippen LogP contribution in [0.4, 0.5) is 5.13 Å². The largest absolute Gasteiger partial charge is 0.296 e. The maximum Gasteiger partial charge on any atom is 0.258 e. The van der Waals surface area contributed by atoms with Crippen LogP contribution in [0.2, 0.25) is 0 Å². The fraction of sp³-hybridized carbons (Fsp3) is 0.167. The second-order valence-corrected chi connectivity index (χ2v) is 7.76. The van der Waals surface area contributed by atoms with E-state index in [2.05, 4.69) is 71.0 Å². The number of rotatable bonds is 3. The first-order chi connectivity index (χ1) is 11.5. The number of anilines is 1. The van der Waals surface area contributed by atoms with Gasteiger partial charge >= 0.3 is 0 Å². The van der Waals surface area contributed by atoms with Crippen molar-refractivity contribution in [2.24, 2.45) is 0 Å². The molecule has 2 aromatic carbocycles. The van der Waals surface area contributed by atoms with Gasteiger partial charge in [-0.1, -0.05) is 41.2 Å². The van der Waals surface area contributed by atoms with Gasteiger partial charge in [0.05, 0.1) is 5.56 Å². The number of aryl methyl sites for hydroxylation is 3. The summed E-state index contributed by atoms with van der Waals surface area (Å²) in [7, 11) is 0. The lowest BCUT2D eigenvalue weighted by Gasteiger charge is -2.07. The molecule has 0 fully saturated rings. The highest BCUT2D eigenvalue weighted by atomic mass is 127. The smallest absolute Gasteiger partial charge is 0.258 e. The molecule has 4 nitrogen and oxygen atoms in total. The standard InChI is InChI=1S/C18H16IN3OS/c1-10-8-11(2)15(12(3)9-10)17-21-22-18(24-17)20-16(23)13-6-4-5-7-14(13)19/h4-9H,1-3H3,(H,20,22,23). The first kappa shape index (κ1) is 17.0. The molecule has 3 rings (SSSR count). The number of hydrogen-bond acceptors (Lipinski definition) is 4. The van der Waals surface area contributed by atoms with Gasteiger partial charge in [-0.3, -0.25) is 10.1 Å². The van der Waals surface area contributed by atoms with Crippen molar-refractivity contribution in [1.29, 1.82) is 0 Å². The van der Waals surface area contributed by atoms with Crippen LogP contribution in [0.15, 0.2) is 36.4 Å². The van der Waals surface area contributed by atoms with E-state index in [0.29, 0.717) is 10.7 Å². The van der Waals surface area contributed by atoms with Crippen LogP contribution >= 0.6 is 33.9 Å². The average molecular weight is 449 g/mol. The second-order valence-electron chi connectivity index (χ2n) is 5.62. The van der Waals surface area contributed by atoms with Crippen LogP contribution in [-0.2, 0) is 0 Å². The molecule has 0 unspecified atom stereocenters. The number of halogens is 1. The first-order valence-corrected chi connectivity index (χ1v) is 9.33. The minimum Gasteiger partial charge on any atom is -0.296 e. The number of aromatic nitrogens is 2. The zero-order chi connectivity index (χ0) is 17.3. The van der Waals surface area contributed by atoms with Gasteiger partial charge < -0.3 is 0 Å². The maximum atomic E-state index is 12.4. The Balaban J connectivity index is 1.87. The number of nitrogens with one attached hydrogen (secondary N) is 1. The quantitative estimate of drug-likeness (QED) is 0.574. The van der Waals surface area contributed by atoms with Crippen molar-refractivity contribution in [2.75, 3.05) is 5.32 Å². The van der Waals surface area contributed by atoms with E-state index < -0.39 is 0 Å². The fourth-order valence-corrected chi connectivity index (χ4v) is 4.25. The Morgan fingerprint density at radius 1 is 1.08 bits per heavy atom. The van der Waals surface area contributed by atoms with Crippen molar-refractivity contribution < 1.29 is 4.79 Å². The summed E-state index contributed by atoms with van der Waals surface area (Å²) in [6, 6.07) is 11.7. The van der Waals surface area contributed by atoms with Crippen LogP contribution in [0.3, 0.4) is 0 Å². The summed E-state index contributed by atoms with van der Waals surface area (Å²) in [5.74, 6) is -0.167. The summed E-state index contributed by atoms with van der Waals surface area (Å²) in [6.45, 7) is 6.22. The molecule has 1 amide bonds. The van der Waals surface area contributed by atoms with Crippen molar-refractivity contribution in [3.8, 4) is 10.6 Å². The van der Waals surface area contributed by atoms with E-state index in [1.165, 1.54) is 28.0 Å². The second kappa shape index (κ2) is 6.98. The van der Waals surface area contributed by atoms with Crippen LogP contribution in [0.5, 0.6) is 0 Å². The molecule has 1 aromatic heterocycles. The van der Waals surface area contributed by atoms with E-state index in [9.17, 15) is 4.79 Å². The van der Waals surface area contributed by atoms with Gasteiger partial charge in [0, 0.05) is 9.13 Å². The van der Waals surface area contributed by atoms with Gasteiger partial charge in [0.2, 0.25) is 5.13 Å². The Morgan fingerprint density at radius 3 is 2.42 bits per heavy atom. The molecule has 0 atom stereocenters. The highest BCUT2D eigenvalue weighted by molar-refractivity contribution is 14.1. The lowest BCUT2D eigenvalue weighted by molar-refractivity contribution is 0.102. The molecule has 0 radical (unpaired) electrons. The van der Waals surface area contributed by atoms with E-state index in [4.69, 9.17) is 0 Å². The van der Waals surface area contributed by atoms with Crippen LogP contribution in [0, 0.1) is 24.3 Å². The van der Waals surface area contributed by atoms with Crippen molar-refractivity contribution in [3.63, 3.8) is 0 Å². The Bertz CT molecular complexity index is 897. The molecule has 24 heavy (non-hydrogen) atoms. The molecule has 1 N–H and O–H groups in total. The number of nitrogens with zero attached hydrogens (tertiary/aromatic N) is 2. The van der Waals surface area contributed by atoms with Crippen LogP contribution < -0.4 is 5.32 Å². The third-order valence-electron chi connectivity index (χ3n) is 3.65. The van der Waals surface area contributed by atoms with E-state index in [1.54, 1.807) is 6.07 Å². The average Bonchev–Trinajstić information content (AvgIpc) is 2.94. The Hall–Kier alpha value is -1.80. The monoisotopic (exact) mass is 449 g/mol. The number of hydrogen-bond donors (Lipinski definition) is 1. The van der Waals surface area contributed by atoms with E-state index in [1.807, 2.05) is 18.2 Å². The van der Waals surface area contributed by atoms with Crippen molar-refractivity contribution in [2.45, 2.75) is 20.8 Å². The summed E-state index contributed by atoms with van der Waals surface area (Å²) in [5, 5.41) is 12.6. The summed E-state index contributed by atoms with van der Waals surface area (Å²) >= 11 is 3.54. The fourth-order valence-electron chi connectivity index (χ4n) is 2.70. The molecule has 0 spiro atoms. The van der Waals surface area contributed by atoms with E-state index in [0.717, 1.165) is 14.1 Å². The summed E-state index contributed by atoms with van der Waals surface area (Å²) in [6.07, 6.45) is 0. The zero-order valence-corrected chi connectivity index (χ0v) is 16.5. The van der Waals surface area contributed by atoms with Gasteiger partial charge in [0.1, 0.15) is 5.01 Å². The molecule has 0 aliphatic carbocycles. The molecule has 0 saturated heterocycles. The van der Waals surface area contributed by atoms with Crippen molar-refractivity contribution in [3.05, 3.63) is 62.2 Å². The number of carbonyl (C=O) groups is 1. The molecule has 0 saturated carbocycles. The molecule has 0 bridgehead atoms.